The summed E-state index contributed by atoms with van der Waals surface area (Å²) in [6, 6.07) is 4.87. The Hall–Kier alpha value is -1.33. The molecule has 0 spiro atoms. The van der Waals surface area contributed by atoms with Crippen LogP contribution in [0.25, 0.3) is 0 Å². The van der Waals surface area contributed by atoms with E-state index in [1.165, 1.54) is 6.07 Å². The lowest BCUT2D eigenvalue weighted by Gasteiger charge is -2.34. The molecule has 0 aromatic heterocycles. The molecule has 2 fully saturated rings. The van der Waals surface area contributed by atoms with E-state index >= 15 is 0 Å². The molecule has 3 rings (SSSR count). The molecule has 5 heteroatoms. The lowest BCUT2D eigenvalue weighted by molar-refractivity contribution is 0.00758. The maximum absolute atomic E-state index is 13.6. The normalized spacial score (nSPS) is 26.7. The van der Waals surface area contributed by atoms with Crippen LogP contribution in [0.15, 0.2) is 18.2 Å². The summed E-state index contributed by atoms with van der Waals surface area (Å²) in [5.41, 5.74) is 6.85. The molecule has 4 nitrogen and oxygen atoms in total. The van der Waals surface area contributed by atoms with Crippen LogP contribution in [0.5, 0.6) is 5.75 Å². The van der Waals surface area contributed by atoms with Gasteiger partial charge in [0.15, 0.2) is 0 Å². The Labute approximate surface area is 125 Å². The van der Waals surface area contributed by atoms with Crippen LogP contribution >= 0.6 is 0 Å². The second-order valence-electron chi connectivity index (χ2n) is 5.92. The lowest BCUT2D eigenvalue weighted by atomic mass is 10.1. The molecule has 0 saturated carbocycles. The fourth-order valence-electron chi connectivity index (χ4n) is 3.05. The summed E-state index contributed by atoms with van der Waals surface area (Å²) in [5, 5.41) is 0. The van der Waals surface area contributed by atoms with Crippen molar-refractivity contribution in [1.82, 2.24) is 0 Å². The Balaban J connectivity index is 1.78. The quantitative estimate of drug-likeness (QED) is 0.929. The third-order valence-corrected chi connectivity index (χ3v) is 4.13. The fourth-order valence-corrected chi connectivity index (χ4v) is 3.05. The molecule has 0 bridgehead atoms. The van der Waals surface area contributed by atoms with E-state index in [1.807, 2.05) is 0 Å². The van der Waals surface area contributed by atoms with E-state index in [4.69, 9.17) is 15.2 Å². The second-order valence-corrected chi connectivity index (χ2v) is 5.92. The molecule has 0 amide bonds. The maximum Gasteiger partial charge on any atom is 0.143 e. The van der Waals surface area contributed by atoms with Gasteiger partial charge in [-0.15, -0.1) is 0 Å². The van der Waals surface area contributed by atoms with Gasteiger partial charge in [0.25, 0.3) is 0 Å². The predicted molar refractivity (Wildman–Crippen MR) is 80.3 cm³/mol. The molecule has 2 N–H and O–H groups in total. The van der Waals surface area contributed by atoms with Gasteiger partial charge in [0.2, 0.25) is 0 Å². The van der Waals surface area contributed by atoms with E-state index in [2.05, 4.69) is 4.90 Å². The highest BCUT2D eigenvalue weighted by Crippen LogP contribution is 2.32. The predicted octanol–water partition coefficient (Wildman–Crippen LogP) is 2.31. The number of benzene rings is 1. The molecule has 2 saturated heterocycles. The van der Waals surface area contributed by atoms with Crippen LogP contribution in [0, 0.1) is 5.82 Å². The average Bonchev–Trinajstić information content (AvgIpc) is 2.50. The van der Waals surface area contributed by atoms with Crippen LogP contribution < -0.4 is 15.4 Å². The van der Waals surface area contributed by atoms with Gasteiger partial charge in [-0.2, -0.15) is 0 Å². The lowest BCUT2D eigenvalue weighted by Crippen LogP contribution is -2.43. The molecule has 21 heavy (non-hydrogen) atoms. The Morgan fingerprint density at radius 2 is 2.19 bits per heavy atom. The molecular weight excluding hydrogens is 271 g/mol. The zero-order valence-electron chi connectivity index (χ0n) is 12.3. The molecule has 2 heterocycles. The smallest absolute Gasteiger partial charge is 0.143 e. The van der Waals surface area contributed by atoms with E-state index in [1.54, 1.807) is 12.1 Å². The first-order valence-corrected chi connectivity index (χ1v) is 7.77. The van der Waals surface area contributed by atoms with Gasteiger partial charge in [-0.25, -0.2) is 4.39 Å². The molecule has 1 aromatic rings. The van der Waals surface area contributed by atoms with Crippen molar-refractivity contribution < 1.29 is 13.9 Å². The molecule has 2 atom stereocenters. The minimum Gasteiger partial charge on any atom is -0.486 e. The summed E-state index contributed by atoms with van der Waals surface area (Å²) in [6.45, 7) is 3.06. The van der Waals surface area contributed by atoms with Gasteiger partial charge in [-0.1, -0.05) is 0 Å². The zero-order valence-corrected chi connectivity index (χ0v) is 12.3. The minimum absolute atomic E-state index is 0.0569. The van der Waals surface area contributed by atoms with E-state index in [9.17, 15) is 4.39 Å². The van der Waals surface area contributed by atoms with Crippen molar-refractivity contribution in [2.45, 2.75) is 37.8 Å². The second kappa shape index (κ2) is 6.62. The molecular formula is C16H23FN2O2. The first-order chi connectivity index (χ1) is 10.2. The minimum atomic E-state index is -0.239. The third-order valence-electron chi connectivity index (χ3n) is 4.13. The van der Waals surface area contributed by atoms with Crippen LogP contribution in [-0.4, -0.2) is 38.4 Å². The average molecular weight is 294 g/mol. The van der Waals surface area contributed by atoms with Crippen LogP contribution in [0.2, 0.25) is 0 Å². The first-order valence-electron chi connectivity index (χ1n) is 7.77. The van der Waals surface area contributed by atoms with Crippen molar-refractivity contribution >= 4 is 5.69 Å². The number of anilines is 1. The number of hydrogen-bond acceptors (Lipinski definition) is 4. The SMILES string of the molecule is NC1CCCN(c2cc(F)ccc2OC2CCCOC2)C1. The number of piperidine rings is 1. The highest BCUT2D eigenvalue weighted by atomic mass is 19.1. The Morgan fingerprint density at radius 3 is 2.95 bits per heavy atom. The van der Waals surface area contributed by atoms with Crippen LogP contribution in [0.3, 0.4) is 0 Å². The van der Waals surface area contributed by atoms with E-state index in [-0.39, 0.29) is 18.0 Å². The van der Waals surface area contributed by atoms with Crippen molar-refractivity contribution in [3.63, 3.8) is 0 Å². The summed E-state index contributed by atoms with van der Waals surface area (Å²) < 4.78 is 25.1. The number of hydrogen-bond donors (Lipinski definition) is 1. The Bertz CT molecular complexity index is 477. The number of rotatable bonds is 3. The summed E-state index contributed by atoms with van der Waals surface area (Å²) in [5.74, 6) is 0.498. The summed E-state index contributed by atoms with van der Waals surface area (Å²) >= 11 is 0. The van der Waals surface area contributed by atoms with Crippen molar-refractivity contribution in [1.29, 1.82) is 0 Å². The molecule has 1 aromatic carbocycles. The fraction of sp³-hybridized carbons (Fsp3) is 0.625. The van der Waals surface area contributed by atoms with E-state index in [0.29, 0.717) is 6.61 Å². The highest BCUT2D eigenvalue weighted by Gasteiger charge is 2.23. The van der Waals surface area contributed by atoms with Crippen molar-refractivity contribution in [2.24, 2.45) is 5.73 Å². The molecule has 0 aliphatic carbocycles. The van der Waals surface area contributed by atoms with Gasteiger partial charge in [0.05, 0.1) is 12.3 Å². The molecule has 2 aliphatic heterocycles. The molecule has 2 unspecified atom stereocenters. The van der Waals surface area contributed by atoms with Gasteiger partial charge >= 0.3 is 0 Å². The van der Waals surface area contributed by atoms with Gasteiger partial charge in [0.1, 0.15) is 17.7 Å². The van der Waals surface area contributed by atoms with Crippen molar-refractivity contribution in [3.05, 3.63) is 24.0 Å². The van der Waals surface area contributed by atoms with Crippen LogP contribution in [0.1, 0.15) is 25.7 Å². The van der Waals surface area contributed by atoms with Crippen molar-refractivity contribution in [2.75, 3.05) is 31.2 Å². The number of halogens is 1. The summed E-state index contributed by atoms with van der Waals surface area (Å²) in [7, 11) is 0. The van der Waals surface area contributed by atoms with Gasteiger partial charge in [-0.05, 0) is 37.8 Å². The van der Waals surface area contributed by atoms with Crippen molar-refractivity contribution in [3.8, 4) is 5.75 Å². The number of ether oxygens (including phenoxy) is 2. The largest absolute Gasteiger partial charge is 0.486 e. The molecule has 116 valence electrons. The Morgan fingerprint density at radius 1 is 1.29 bits per heavy atom. The van der Waals surface area contributed by atoms with Crippen LogP contribution in [-0.2, 0) is 4.74 Å². The topological polar surface area (TPSA) is 47.7 Å². The number of nitrogens with two attached hydrogens (primary N) is 1. The molecule has 2 aliphatic rings. The van der Waals surface area contributed by atoms with Gasteiger partial charge in [-0.3, -0.25) is 0 Å². The highest BCUT2D eigenvalue weighted by molar-refractivity contribution is 5.59. The zero-order chi connectivity index (χ0) is 14.7. The number of nitrogens with zero attached hydrogens (tertiary/aromatic N) is 1. The monoisotopic (exact) mass is 294 g/mol. The standard InChI is InChI=1S/C16H23FN2O2/c17-12-5-6-16(21-14-4-2-8-20-11-14)15(9-12)19-7-1-3-13(18)10-19/h5-6,9,13-14H,1-4,7-8,10-11,18H2. The summed E-state index contributed by atoms with van der Waals surface area (Å²) in [6.07, 6.45) is 4.11. The third kappa shape index (κ3) is 3.66. The van der Waals surface area contributed by atoms with E-state index in [0.717, 1.165) is 56.8 Å². The summed E-state index contributed by atoms with van der Waals surface area (Å²) in [4.78, 5) is 2.14. The van der Waals surface area contributed by atoms with Gasteiger partial charge in [0, 0.05) is 31.8 Å². The van der Waals surface area contributed by atoms with Gasteiger partial charge < -0.3 is 20.1 Å². The Kier molecular flexibility index (Phi) is 4.60. The van der Waals surface area contributed by atoms with Crippen LogP contribution in [0.4, 0.5) is 10.1 Å². The first kappa shape index (κ1) is 14.6. The maximum atomic E-state index is 13.6. The van der Waals surface area contributed by atoms with E-state index < -0.39 is 0 Å². The molecule has 0 radical (unpaired) electrons.